The molecular weight excluding hydrogens is 378 g/mol. The molecule has 4 rings (SSSR count). The van der Waals surface area contributed by atoms with Crippen LogP contribution in [0.2, 0.25) is 0 Å². The number of nitriles is 1. The number of nitrogens with zero attached hydrogens (tertiary/aromatic N) is 3. The molecule has 1 aromatic carbocycles. The van der Waals surface area contributed by atoms with E-state index in [1.807, 2.05) is 31.2 Å². The molecule has 0 N–H and O–H groups in total. The maximum absolute atomic E-state index is 13.2. The summed E-state index contributed by atoms with van der Waals surface area (Å²) < 4.78 is 11.1. The van der Waals surface area contributed by atoms with E-state index in [2.05, 4.69) is 15.9 Å². The summed E-state index contributed by atoms with van der Waals surface area (Å²) in [6.07, 6.45) is 4.09. The van der Waals surface area contributed by atoms with Crippen molar-refractivity contribution in [2.45, 2.75) is 45.2 Å². The Balaban J connectivity index is 1.47. The summed E-state index contributed by atoms with van der Waals surface area (Å²) >= 11 is 0. The van der Waals surface area contributed by atoms with Gasteiger partial charge in [-0.1, -0.05) is 12.1 Å². The molecule has 0 spiro atoms. The molecule has 6 heteroatoms. The second-order valence-electron chi connectivity index (χ2n) is 8.96. The number of morpholine rings is 1. The SMILES string of the molecule is CCOC(=O)[C@@]12CCC(N3CCOCC3)C[C@H]1CCN(Cc1ccc(C#N)cc1)C2. The Bertz CT molecular complexity index is 769. The smallest absolute Gasteiger partial charge is 0.313 e. The van der Waals surface area contributed by atoms with E-state index in [1.54, 1.807) is 0 Å². The zero-order valence-corrected chi connectivity index (χ0v) is 18.0. The minimum absolute atomic E-state index is 0.0000408. The lowest BCUT2D eigenvalue weighted by Crippen LogP contribution is -2.58. The van der Waals surface area contributed by atoms with Crippen LogP contribution in [-0.4, -0.2) is 67.8 Å². The molecule has 3 aliphatic rings. The minimum atomic E-state index is -0.385. The highest BCUT2D eigenvalue weighted by atomic mass is 16.5. The molecule has 0 bridgehead atoms. The van der Waals surface area contributed by atoms with E-state index in [1.165, 1.54) is 5.56 Å². The van der Waals surface area contributed by atoms with Gasteiger partial charge < -0.3 is 9.47 Å². The van der Waals surface area contributed by atoms with Crippen LogP contribution in [0.25, 0.3) is 0 Å². The fraction of sp³-hybridized carbons (Fsp3) is 0.667. The van der Waals surface area contributed by atoms with Crippen LogP contribution in [-0.2, 0) is 20.8 Å². The molecule has 0 aromatic heterocycles. The summed E-state index contributed by atoms with van der Waals surface area (Å²) in [6, 6.07) is 10.5. The average molecular weight is 412 g/mol. The van der Waals surface area contributed by atoms with Gasteiger partial charge in [0, 0.05) is 32.2 Å². The van der Waals surface area contributed by atoms with Crippen LogP contribution in [0.1, 0.15) is 43.7 Å². The molecular formula is C24H33N3O3. The lowest BCUT2D eigenvalue weighted by Gasteiger charge is -2.52. The number of likely N-dealkylation sites (tertiary alicyclic amines) is 1. The van der Waals surface area contributed by atoms with Crippen molar-refractivity contribution < 1.29 is 14.3 Å². The fourth-order valence-electron chi connectivity index (χ4n) is 5.68. The molecule has 2 aliphatic heterocycles. The van der Waals surface area contributed by atoms with Crippen molar-refractivity contribution in [3.8, 4) is 6.07 Å². The second kappa shape index (κ2) is 9.47. The topological polar surface area (TPSA) is 65.8 Å². The Hall–Kier alpha value is -1.94. The predicted octanol–water partition coefficient (Wildman–Crippen LogP) is 2.81. The van der Waals surface area contributed by atoms with E-state index < -0.39 is 0 Å². The molecule has 2 heterocycles. The van der Waals surface area contributed by atoms with Crippen LogP contribution in [0.3, 0.4) is 0 Å². The van der Waals surface area contributed by atoms with Crippen molar-refractivity contribution in [1.29, 1.82) is 5.26 Å². The van der Waals surface area contributed by atoms with Gasteiger partial charge >= 0.3 is 5.97 Å². The first kappa shape index (κ1) is 21.3. The normalized spacial score (nSPS) is 30.3. The lowest BCUT2D eigenvalue weighted by atomic mass is 9.61. The zero-order valence-electron chi connectivity index (χ0n) is 18.0. The molecule has 1 unspecified atom stereocenters. The molecule has 162 valence electrons. The van der Waals surface area contributed by atoms with E-state index in [-0.39, 0.29) is 11.4 Å². The Kier molecular flexibility index (Phi) is 6.72. The maximum Gasteiger partial charge on any atom is 0.313 e. The van der Waals surface area contributed by atoms with Gasteiger partial charge in [-0.2, -0.15) is 5.26 Å². The second-order valence-corrected chi connectivity index (χ2v) is 8.96. The monoisotopic (exact) mass is 411 g/mol. The van der Waals surface area contributed by atoms with Crippen LogP contribution >= 0.6 is 0 Å². The van der Waals surface area contributed by atoms with Gasteiger partial charge in [0.1, 0.15) is 0 Å². The highest BCUT2D eigenvalue weighted by Gasteiger charge is 2.53. The van der Waals surface area contributed by atoms with Crippen molar-refractivity contribution in [3.05, 3.63) is 35.4 Å². The molecule has 1 aromatic rings. The van der Waals surface area contributed by atoms with Crippen LogP contribution in [0.5, 0.6) is 0 Å². The summed E-state index contributed by atoms with van der Waals surface area (Å²) in [5.41, 5.74) is 1.49. The summed E-state index contributed by atoms with van der Waals surface area (Å²) in [5.74, 6) is 0.385. The van der Waals surface area contributed by atoms with E-state index in [9.17, 15) is 4.79 Å². The third kappa shape index (κ3) is 4.39. The molecule has 1 aliphatic carbocycles. The van der Waals surface area contributed by atoms with Crippen molar-refractivity contribution >= 4 is 5.97 Å². The first-order valence-electron chi connectivity index (χ1n) is 11.3. The molecule has 0 radical (unpaired) electrons. The van der Waals surface area contributed by atoms with Crippen LogP contribution in [0.4, 0.5) is 0 Å². The van der Waals surface area contributed by atoms with Gasteiger partial charge in [-0.25, -0.2) is 0 Å². The molecule has 30 heavy (non-hydrogen) atoms. The molecule has 0 amide bonds. The number of ether oxygens (including phenoxy) is 2. The van der Waals surface area contributed by atoms with Gasteiger partial charge in [0.25, 0.3) is 0 Å². The lowest BCUT2D eigenvalue weighted by molar-refractivity contribution is -0.170. The standard InChI is InChI=1S/C24H33N3O3/c1-2-30-23(28)24-9-7-22(27-11-13-29-14-12-27)15-21(24)8-10-26(18-24)17-20-5-3-19(16-25)4-6-20/h3-6,21-22H,2,7-15,17-18H2,1H3/t21-,22?,24-/m1/s1. The number of rotatable bonds is 5. The number of piperidine rings is 1. The Morgan fingerprint density at radius 1 is 1.23 bits per heavy atom. The number of carbonyl (C=O) groups is 1. The first-order valence-corrected chi connectivity index (χ1v) is 11.3. The first-order chi connectivity index (χ1) is 14.6. The minimum Gasteiger partial charge on any atom is -0.466 e. The molecule has 1 saturated carbocycles. The third-order valence-corrected chi connectivity index (χ3v) is 7.29. The van der Waals surface area contributed by atoms with Crippen molar-refractivity contribution in [1.82, 2.24) is 9.80 Å². The average Bonchev–Trinajstić information content (AvgIpc) is 2.80. The van der Waals surface area contributed by atoms with Gasteiger partial charge in [0.2, 0.25) is 0 Å². The van der Waals surface area contributed by atoms with Crippen molar-refractivity contribution in [3.63, 3.8) is 0 Å². The van der Waals surface area contributed by atoms with Gasteiger partial charge in [-0.05, 0) is 62.8 Å². The summed E-state index contributed by atoms with van der Waals surface area (Å²) in [4.78, 5) is 18.2. The summed E-state index contributed by atoms with van der Waals surface area (Å²) in [5, 5.41) is 9.02. The number of benzene rings is 1. The largest absolute Gasteiger partial charge is 0.466 e. The third-order valence-electron chi connectivity index (χ3n) is 7.29. The predicted molar refractivity (Wildman–Crippen MR) is 114 cm³/mol. The Morgan fingerprint density at radius 3 is 2.70 bits per heavy atom. The quantitative estimate of drug-likeness (QED) is 0.694. The molecule has 3 atom stereocenters. The summed E-state index contributed by atoms with van der Waals surface area (Å²) in [7, 11) is 0. The summed E-state index contributed by atoms with van der Waals surface area (Å²) in [6.45, 7) is 8.59. The van der Waals surface area contributed by atoms with E-state index in [0.717, 1.165) is 71.6 Å². The van der Waals surface area contributed by atoms with E-state index >= 15 is 0 Å². The van der Waals surface area contributed by atoms with Crippen LogP contribution < -0.4 is 0 Å². The number of hydrogen-bond acceptors (Lipinski definition) is 6. The number of esters is 1. The Morgan fingerprint density at radius 2 is 2.00 bits per heavy atom. The van der Waals surface area contributed by atoms with Crippen molar-refractivity contribution in [2.75, 3.05) is 46.0 Å². The van der Waals surface area contributed by atoms with Gasteiger partial charge in [-0.15, -0.1) is 0 Å². The van der Waals surface area contributed by atoms with Crippen LogP contribution in [0, 0.1) is 22.7 Å². The molecule has 3 fully saturated rings. The van der Waals surface area contributed by atoms with Gasteiger partial charge in [0.15, 0.2) is 0 Å². The Labute approximate surface area is 179 Å². The number of carbonyl (C=O) groups excluding carboxylic acids is 1. The molecule has 2 saturated heterocycles. The highest BCUT2D eigenvalue weighted by molar-refractivity contribution is 5.78. The molecule has 6 nitrogen and oxygen atoms in total. The zero-order chi connectivity index (χ0) is 21.0. The van der Waals surface area contributed by atoms with Gasteiger partial charge in [-0.3, -0.25) is 14.6 Å². The highest BCUT2D eigenvalue weighted by Crippen LogP contribution is 2.48. The van der Waals surface area contributed by atoms with E-state index in [0.29, 0.717) is 24.1 Å². The van der Waals surface area contributed by atoms with Crippen LogP contribution in [0.15, 0.2) is 24.3 Å². The van der Waals surface area contributed by atoms with Gasteiger partial charge in [0.05, 0.1) is 36.9 Å². The number of hydrogen-bond donors (Lipinski definition) is 0. The van der Waals surface area contributed by atoms with Crippen molar-refractivity contribution in [2.24, 2.45) is 11.3 Å². The fourth-order valence-corrected chi connectivity index (χ4v) is 5.68. The van der Waals surface area contributed by atoms with E-state index in [4.69, 9.17) is 14.7 Å². The maximum atomic E-state index is 13.2. The number of fused-ring (bicyclic) bond motifs is 1.